The van der Waals surface area contributed by atoms with E-state index in [9.17, 15) is 8.42 Å². The molecule has 0 N–H and O–H groups in total. The van der Waals surface area contributed by atoms with Crippen LogP contribution >= 0.6 is 11.6 Å². The lowest BCUT2D eigenvalue weighted by atomic mass is 10.1. The van der Waals surface area contributed by atoms with Crippen LogP contribution in [0.25, 0.3) is 11.5 Å². The van der Waals surface area contributed by atoms with Crippen molar-refractivity contribution in [1.29, 1.82) is 0 Å². The topological polar surface area (TPSA) is 139 Å². The number of aryl methyl sites for hydroxylation is 1. The molecule has 0 unspecified atom stereocenters. The van der Waals surface area contributed by atoms with Crippen molar-refractivity contribution in [2.75, 3.05) is 7.11 Å². The summed E-state index contributed by atoms with van der Waals surface area (Å²) in [6.07, 6.45) is 2.90. The molecule has 0 bridgehead atoms. The van der Waals surface area contributed by atoms with Crippen molar-refractivity contribution in [2.24, 2.45) is 0 Å². The lowest BCUT2D eigenvalue weighted by Crippen LogP contribution is -2.27. The molecule has 0 spiro atoms. The van der Waals surface area contributed by atoms with Gasteiger partial charge in [0.25, 0.3) is 0 Å². The zero-order valence-electron chi connectivity index (χ0n) is 19.6. The standard InChI is InChI=1S/C22H24ClN7O4S/c1-13-8-17(34-29-13)11-30-19(27-28-22(30)18-6-5-7-20(26-18)33-4)12-35(31,32)15(3)14(2)21-24-9-16(23)10-25-21/h5-10,14-15H,11-12H2,1-4H3/t14-,15-/m0/s1. The van der Waals surface area contributed by atoms with E-state index in [0.29, 0.717) is 39.7 Å². The average molecular weight is 518 g/mol. The van der Waals surface area contributed by atoms with Crippen LogP contribution in [0.4, 0.5) is 0 Å². The normalized spacial score (nSPS) is 13.5. The Kier molecular flexibility index (Phi) is 7.13. The Hall–Kier alpha value is -3.38. The third-order valence-corrected chi connectivity index (χ3v) is 8.03. The zero-order chi connectivity index (χ0) is 25.2. The summed E-state index contributed by atoms with van der Waals surface area (Å²) in [4.78, 5) is 12.8. The number of nitrogens with zero attached hydrogens (tertiary/aromatic N) is 7. The molecule has 0 aromatic carbocycles. The summed E-state index contributed by atoms with van der Waals surface area (Å²) in [6, 6.07) is 6.99. The molecule has 0 amide bonds. The quantitative estimate of drug-likeness (QED) is 0.325. The molecule has 0 aliphatic rings. The van der Waals surface area contributed by atoms with E-state index in [1.165, 1.54) is 19.5 Å². The number of hydrogen-bond acceptors (Lipinski definition) is 10. The van der Waals surface area contributed by atoms with Gasteiger partial charge in [0, 0.05) is 30.4 Å². The largest absolute Gasteiger partial charge is 0.481 e. The maximum atomic E-state index is 13.4. The van der Waals surface area contributed by atoms with Crippen LogP contribution in [0.5, 0.6) is 5.88 Å². The molecule has 0 aliphatic carbocycles. The van der Waals surface area contributed by atoms with E-state index in [-0.39, 0.29) is 18.1 Å². The summed E-state index contributed by atoms with van der Waals surface area (Å²) in [5.74, 6) is 1.12. The summed E-state index contributed by atoms with van der Waals surface area (Å²) < 4.78 is 39.0. The lowest BCUT2D eigenvalue weighted by Gasteiger charge is -2.19. The van der Waals surface area contributed by atoms with Gasteiger partial charge in [-0.1, -0.05) is 29.7 Å². The average Bonchev–Trinajstić information content (AvgIpc) is 3.44. The summed E-state index contributed by atoms with van der Waals surface area (Å²) in [5.41, 5.74) is 1.18. The minimum absolute atomic E-state index is 0.178. The van der Waals surface area contributed by atoms with E-state index in [1.807, 2.05) is 0 Å². The summed E-state index contributed by atoms with van der Waals surface area (Å²) in [6.45, 7) is 5.37. The van der Waals surface area contributed by atoms with Crippen molar-refractivity contribution < 1.29 is 17.7 Å². The van der Waals surface area contributed by atoms with Gasteiger partial charge in [0.1, 0.15) is 23.1 Å². The van der Waals surface area contributed by atoms with Crippen LogP contribution in [-0.2, 0) is 22.1 Å². The van der Waals surface area contributed by atoms with Gasteiger partial charge >= 0.3 is 0 Å². The smallest absolute Gasteiger partial charge is 0.213 e. The Morgan fingerprint density at radius 1 is 1.17 bits per heavy atom. The van der Waals surface area contributed by atoms with Gasteiger partial charge in [-0.25, -0.2) is 23.4 Å². The minimum Gasteiger partial charge on any atom is -0.481 e. The first-order valence-corrected chi connectivity index (χ1v) is 12.8. The SMILES string of the molecule is COc1cccc(-c2nnc(CS(=O)(=O)[C@@H](C)[C@H](C)c3ncc(Cl)cn3)n2Cc2cc(C)no2)n1. The maximum Gasteiger partial charge on any atom is 0.213 e. The number of aromatic nitrogens is 7. The van der Waals surface area contributed by atoms with Crippen LogP contribution in [0.15, 0.2) is 41.2 Å². The number of methoxy groups -OCH3 is 1. The van der Waals surface area contributed by atoms with Crippen LogP contribution in [0, 0.1) is 6.92 Å². The van der Waals surface area contributed by atoms with Crippen molar-refractivity contribution in [3.05, 3.63) is 64.8 Å². The molecule has 4 rings (SSSR count). The Morgan fingerprint density at radius 2 is 1.91 bits per heavy atom. The monoisotopic (exact) mass is 517 g/mol. The first-order valence-electron chi connectivity index (χ1n) is 10.7. The van der Waals surface area contributed by atoms with E-state index in [4.69, 9.17) is 20.9 Å². The van der Waals surface area contributed by atoms with E-state index in [2.05, 4.69) is 30.3 Å². The summed E-state index contributed by atoms with van der Waals surface area (Å²) >= 11 is 5.86. The predicted octanol–water partition coefficient (Wildman–Crippen LogP) is 3.24. The second kappa shape index (κ2) is 10.1. The van der Waals surface area contributed by atoms with Gasteiger partial charge in [-0.15, -0.1) is 10.2 Å². The Balaban J connectivity index is 1.68. The summed E-state index contributed by atoms with van der Waals surface area (Å²) in [7, 11) is -2.18. The van der Waals surface area contributed by atoms with Crippen molar-refractivity contribution in [3.63, 3.8) is 0 Å². The molecule has 2 atom stereocenters. The highest BCUT2D eigenvalue weighted by Crippen LogP contribution is 2.26. The fourth-order valence-corrected chi connectivity index (χ4v) is 5.16. The molecule has 0 radical (unpaired) electrons. The number of rotatable bonds is 9. The van der Waals surface area contributed by atoms with Crippen molar-refractivity contribution in [2.45, 2.75) is 44.2 Å². The van der Waals surface area contributed by atoms with E-state index in [0.717, 1.165) is 0 Å². The highest BCUT2D eigenvalue weighted by atomic mass is 35.5. The first kappa shape index (κ1) is 24.7. The van der Waals surface area contributed by atoms with Crippen LogP contribution < -0.4 is 4.74 Å². The van der Waals surface area contributed by atoms with Gasteiger partial charge < -0.3 is 13.8 Å². The second-order valence-electron chi connectivity index (χ2n) is 8.09. The zero-order valence-corrected chi connectivity index (χ0v) is 21.2. The molecular weight excluding hydrogens is 494 g/mol. The molecular formula is C22H24ClN7O4S. The second-order valence-corrected chi connectivity index (χ2v) is 10.9. The van der Waals surface area contributed by atoms with Crippen molar-refractivity contribution in [1.82, 2.24) is 34.9 Å². The number of sulfone groups is 1. The van der Waals surface area contributed by atoms with Gasteiger partial charge in [-0.05, 0) is 19.9 Å². The van der Waals surface area contributed by atoms with Crippen LogP contribution in [-0.4, -0.2) is 55.7 Å². The molecule has 11 nitrogen and oxygen atoms in total. The van der Waals surface area contributed by atoms with Crippen molar-refractivity contribution >= 4 is 21.4 Å². The van der Waals surface area contributed by atoms with Gasteiger partial charge in [-0.3, -0.25) is 0 Å². The minimum atomic E-state index is -3.69. The third-order valence-electron chi connectivity index (χ3n) is 5.63. The molecule has 0 aliphatic heterocycles. The van der Waals surface area contributed by atoms with E-state index in [1.54, 1.807) is 49.6 Å². The number of hydrogen-bond donors (Lipinski definition) is 0. The molecule has 13 heteroatoms. The molecule has 0 fully saturated rings. The van der Waals surface area contributed by atoms with Gasteiger partial charge in [0.2, 0.25) is 5.88 Å². The highest BCUT2D eigenvalue weighted by molar-refractivity contribution is 7.91. The van der Waals surface area contributed by atoms with Gasteiger partial charge in [0.15, 0.2) is 21.4 Å². The fraction of sp³-hybridized carbons (Fsp3) is 0.364. The highest BCUT2D eigenvalue weighted by Gasteiger charge is 2.32. The maximum absolute atomic E-state index is 13.4. The summed E-state index contributed by atoms with van der Waals surface area (Å²) in [5, 5.41) is 12.0. The van der Waals surface area contributed by atoms with E-state index >= 15 is 0 Å². The Morgan fingerprint density at radius 3 is 2.57 bits per heavy atom. The van der Waals surface area contributed by atoms with E-state index < -0.39 is 21.0 Å². The van der Waals surface area contributed by atoms with Gasteiger partial charge in [0.05, 0.1) is 29.6 Å². The molecule has 0 saturated heterocycles. The lowest BCUT2D eigenvalue weighted by molar-refractivity contribution is 0.372. The Labute approximate surface area is 207 Å². The van der Waals surface area contributed by atoms with Crippen LogP contribution in [0.2, 0.25) is 5.02 Å². The number of pyridine rings is 1. The van der Waals surface area contributed by atoms with Crippen LogP contribution in [0.3, 0.4) is 0 Å². The molecule has 4 aromatic heterocycles. The Bertz CT molecular complexity index is 1420. The van der Waals surface area contributed by atoms with Crippen LogP contribution in [0.1, 0.15) is 42.9 Å². The number of halogens is 1. The molecule has 4 aromatic rings. The number of ether oxygens (including phenoxy) is 1. The molecule has 35 heavy (non-hydrogen) atoms. The first-order chi connectivity index (χ1) is 16.7. The molecule has 184 valence electrons. The van der Waals surface area contributed by atoms with Gasteiger partial charge in [-0.2, -0.15) is 0 Å². The molecule has 4 heterocycles. The third kappa shape index (κ3) is 5.49. The molecule has 0 saturated carbocycles. The van der Waals surface area contributed by atoms with Crippen molar-refractivity contribution in [3.8, 4) is 17.4 Å². The fourth-order valence-electron chi connectivity index (χ4n) is 3.49. The predicted molar refractivity (Wildman–Crippen MR) is 128 cm³/mol.